The molecule has 0 atom stereocenters. The van der Waals surface area contributed by atoms with Gasteiger partial charge in [-0.15, -0.1) is 0 Å². The molecule has 1 amide bonds. The number of nitrogens with one attached hydrogen (secondary N) is 2. The average Bonchev–Trinajstić information content (AvgIpc) is 2.70. The van der Waals surface area contributed by atoms with Crippen LogP contribution in [0.1, 0.15) is 12.5 Å². The number of halogens is 2. The molecule has 0 fully saturated rings. The number of carbonyl (C=O) groups is 1. The van der Waals surface area contributed by atoms with E-state index in [9.17, 15) is 4.79 Å². The summed E-state index contributed by atoms with van der Waals surface area (Å²) in [5.41, 5.74) is 2.55. The zero-order valence-corrected chi connectivity index (χ0v) is 16.7. The van der Waals surface area contributed by atoms with Crippen LogP contribution in [-0.4, -0.2) is 17.4 Å². The molecular weight excluding hydrogens is 397 g/mol. The number of pyridine rings is 1. The van der Waals surface area contributed by atoms with Gasteiger partial charge in [0.1, 0.15) is 5.02 Å². The standard InChI is InChI=1S/C21H19Cl2N3O2/c1-2-14-7-3-4-8-17(14)26-20(27)13-24-18-9-5-6-10-19(18)28-21-16(23)11-15(22)12-25-21/h3-12,24H,2,13H2,1H3,(H,26,27). The van der Waals surface area contributed by atoms with Crippen LogP contribution in [0.2, 0.25) is 10.0 Å². The first-order valence-electron chi connectivity index (χ1n) is 8.76. The molecular formula is C21H19Cl2N3O2. The summed E-state index contributed by atoms with van der Waals surface area (Å²) in [7, 11) is 0. The van der Waals surface area contributed by atoms with Crippen molar-refractivity contribution in [3.63, 3.8) is 0 Å². The van der Waals surface area contributed by atoms with Gasteiger partial charge in [-0.1, -0.05) is 60.5 Å². The molecule has 0 radical (unpaired) electrons. The highest BCUT2D eigenvalue weighted by atomic mass is 35.5. The van der Waals surface area contributed by atoms with Gasteiger partial charge in [0.15, 0.2) is 5.75 Å². The van der Waals surface area contributed by atoms with Crippen LogP contribution in [0.3, 0.4) is 0 Å². The molecule has 2 N–H and O–H groups in total. The van der Waals surface area contributed by atoms with Crippen molar-refractivity contribution in [2.75, 3.05) is 17.2 Å². The molecule has 2 aromatic carbocycles. The molecule has 0 aliphatic heterocycles. The Labute approximate surface area is 173 Å². The number of aromatic nitrogens is 1. The first-order valence-corrected chi connectivity index (χ1v) is 9.52. The van der Waals surface area contributed by atoms with E-state index in [0.717, 1.165) is 17.7 Å². The molecule has 0 aliphatic carbocycles. The summed E-state index contributed by atoms with van der Waals surface area (Å²) in [5, 5.41) is 6.74. The first kappa shape index (κ1) is 20.0. The van der Waals surface area contributed by atoms with Crippen molar-refractivity contribution in [3.05, 3.63) is 76.4 Å². The fourth-order valence-corrected chi connectivity index (χ4v) is 3.02. The van der Waals surface area contributed by atoms with Crippen molar-refractivity contribution in [1.29, 1.82) is 0 Å². The van der Waals surface area contributed by atoms with Gasteiger partial charge in [-0.05, 0) is 36.2 Å². The van der Waals surface area contributed by atoms with E-state index in [2.05, 4.69) is 15.6 Å². The van der Waals surface area contributed by atoms with Crippen LogP contribution in [0.4, 0.5) is 11.4 Å². The number of anilines is 2. The van der Waals surface area contributed by atoms with Crippen LogP contribution in [0.15, 0.2) is 60.8 Å². The first-order chi connectivity index (χ1) is 13.6. The number of rotatable bonds is 7. The van der Waals surface area contributed by atoms with Crippen LogP contribution < -0.4 is 15.4 Å². The van der Waals surface area contributed by atoms with E-state index in [4.69, 9.17) is 27.9 Å². The fraction of sp³-hybridized carbons (Fsp3) is 0.143. The Morgan fingerprint density at radius 2 is 1.79 bits per heavy atom. The van der Waals surface area contributed by atoms with Crippen LogP contribution in [0, 0.1) is 0 Å². The molecule has 144 valence electrons. The number of amides is 1. The lowest BCUT2D eigenvalue weighted by Gasteiger charge is -2.14. The van der Waals surface area contributed by atoms with E-state index in [0.29, 0.717) is 21.5 Å². The zero-order chi connectivity index (χ0) is 19.9. The van der Waals surface area contributed by atoms with Gasteiger partial charge >= 0.3 is 0 Å². The predicted molar refractivity (Wildman–Crippen MR) is 114 cm³/mol. The number of carbonyl (C=O) groups excluding carboxylic acids is 1. The summed E-state index contributed by atoms with van der Waals surface area (Å²) in [5.74, 6) is 0.584. The second kappa shape index (κ2) is 9.44. The van der Waals surface area contributed by atoms with E-state index >= 15 is 0 Å². The van der Waals surface area contributed by atoms with Gasteiger partial charge in [0, 0.05) is 11.9 Å². The van der Waals surface area contributed by atoms with Crippen molar-refractivity contribution in [2.45, 2.75) is 13.3 Å². The van der Waals surface area contributed by atoms with Crippen molar-refractivity contribution >= 4 is 40.5 Å². The molecule has 5 nitrogen and oxygen atoms in total. The summed E-state index contributed by atoms with van der Waals surface area (Å²) in [4.78, 5) is 16.4. The monoisotopic (exact) mass is 415 g/mol. The molecule has 0 bridgehead atoms. The topological polar surface area (TPSA) is 63.2 Å². The quantitative estimate of drug-likeness (QED) is 0.512. The molecule has 0 saturated carbocycles. The highest BCUT2D eigenvalue weighted by molar-refractivity contribution is 6.35. The average molecular weight is 416 g/mol. The van der Waals surface area contributed by atoms with Crippen molar-refractivity contribution in [2.24, 2.45) is 0 Å². The number of benzene rings is 2. The minimum absolute atomic E-state index is 0.0835. The van der Waals surface area contributed by atoms with E-state index < -0.39 is 0 Å². The number of nitrogens with zero attached hydrogens (tertiary/aromatic N) is 1. The number of aryl methyl sites for hydroxylation is 1. The van der Waals surface area contributed by atoms with E-state index in [-0.39, 0.29) is 18.3 Å². The smallest absolute Gasteiger partial charge is 0.243 e. The number of hydrogen-bond donors (Lipinski definition) is 2. The lowest BCUT2D eigenvalue weighted by Crippen LogP contribution is -2.22. The number of ether oxygens (including phenoxy) is 1. The zero-order valence-electron chi connectivity index (χ0n) is 15.2. The maximum absolute atomic E-state index is 12.4. The lowest BCUT2D eigenvalue weighted by molar-refractivity contribution is -0.114. The molecule has 0 unspecified atom stereocenters. The Morgan fingerprint density at radius 1 is 1.07 bits per heavy atom. The predicted octanol–water partition coefficient (Wildman–Crippen LogP) is 5.79. The summed E-state index contributed by atoms with van der Waals surface area (Å²) in [6.07, 6.45) is 2.30. The van der Waals surface area contributed by atoms with Crippen molar-refractivity contribution in [1.82, 2.24) is 4.98 Å². The minimum atomic E-state index is -0.154. The Hall–Kier alpha value is -2.76. The summed E-state index contributed by atoms with van der Waals surface area (Å²) in [6, 6.07) is 16.5. The minimum Gasteiger partial charge on any atom is -0.435 e. The molecule has 1 heterocycles. The van der Waals surface area contributed by atoms with Gasteiger partial charge in [-0.2, -0.15) is 0 Å². The summed E-state index contributed by atoms with van der Waals surface area (Å²) < 4.78 is 5.79. The van der Waals surface area contributed by atoms with E-state index in [1.165, 1.54) is 6.20 Å². The second-order valence-electron chi connectivity index (χ2n) is 5.95. The highest BCUT2D eigenvalue weighted by Gasteiger charge is 2.11. The third kappa shape index (κ3) is 5.15. The molecule has 3 aromatic rings. The van der Waals surface area contributed by atoms with Gasteiger partial charge in [0.25, 0.3) is 0 Å². The maximum Gasteiger partial charge on any atom is 0.243 e. The van der Waals surface area contributed by atoms with Crippen LogP contribution >= 0.6 is 23.2 Å². The van der Waals surface area contributed by atoms with Gasteiger partial charge in [-0.25, -0.2) is 4.98 Å². The largest absolute Gasteiger partial charge is 0.435 e. The van der Waals surface area contributed by atoms with E-state index in [1.807, 2.05) is 49.4 Å². The summed E-state index contributed by atoms with van der Waals surface area (Å²) in [6.45, 7) is 2.13. The van der Waals surface area contributed by atoms with Crippen LogP contribution in [0.25, 0.3) is 0 Å². The third-order valence-corrected chi connectivity index (χ3v) is 4.46. The van der Waals surface area contributed by atoms with Gasteiger partial charge in [0.2, 0.25) is 11.8 Å². The normalized spacial score (nSPS) is 10.4. The summed E-state index contributed by atoms with van der Waals surface area (Å²) >= 11 is 12.0. The van der Waals surface area contributed by atoms with Crippen molar-refractivity contribution in [3.8, 4) is 11.6 Å². The van der Waals surface area contributed by atoms with Crippen molar-refractivity contribution < 1.29 is 9.53 Å². The molecule has 0 spiro atoms. The maximum atomic E-state index is 12.4. The van der Waals surface area contributed by atoms with E-state index in [1.54, 1.807) is 12.1 Å². The molecule has 1 aromatic heterocycles. The van der Waals surface area contributed by atoms with Gasteiger partial charge in [0.05, 0.1) is 17.3 Å². The Kier molecular flexibility index (Phi) is 6.74. The molecule has 3 rings (SSSR count). The molecule has 0 saturated heterocycles. The Balaban J connectivity index is 1.67. The van der Waals surface area contributed by atoms with Crippen LogP contribution in [0.5, 0.6) is 11.6 Å². The van der Waals surface area contributed by atoms with Gasteiger partial charge < -0.3 is 15.4 Å². The molecule has 7 heteroatoms. The lowest BCUT2D eigenvalue weighted by atomic mass is 10.1. The third-order valence-electron chi connectivity index (χ3n) is 3.98. The Morgan fingerprint density at radius 3 is 2.54 bits per heavy atom. The van der Waals surface area contributed by atoms with Gasteiger partial charge in [-0.3, -0.25) is 4.79 Å². The number of para-hydroxylation sites is 3. The molecule has 28 heavy (non-hydrogen) atoms. The second-order valence-corrected chi connectivity index (χ2v) is 6.79. The Bertz CT molecular complexity index is 979. The van der Waals surface area contributed by atoms with Crippen LogP contribution in [-0.2, 0) is 11.2 Å². The SMILES string of the molecule is CCc1ccccc1NC(=O)CNc1ccccc1Oc1ncc(Cl)cc1Cl. The number of hydrogen-bond acceptors (Lipinski definition) is 4. The highest BCUT2D eigenvalue weighted by Crippen LogP contribution is 2.33. The molecule has 0 aliphatic rings. The fourth-order valence-electron chi connectivity index (χ4n) is 2.60.